The zero-order chi connectivity index (χ0) is 21.8. The summed E-state index contributed by atoms with van der Waals surface area (Å²) >= 11 is 15.4. The van der Waals surface area contributed by atoms with E-state index in [1.54, 1.807) is 12.1 Å². The van der Waals surface area contributed by atoms with Crippen LogP contribution in [0.3, 0.4) is 0 Å². The zero-order valence-corrected chi connectivity index (χ0v) is 20.1. The lowest BCUT2D eigenvalue weighted by Gasteiger charge is -2.14. The van der Waals surface area contributed by atoms with Gasteiger partial charge in [-0.25, -0.2) is 0 Å². The van der Waals surface area contributed by atoms with Gasteiger partial charge in [-0.3, -0.25) is 4.98 Å². The predicted molar refractivity (Wildman–Crippen MR) is 128 cm³/mol. The number of hydrogen-bond acceptors (Lipinski definition) is 5. The molecule has 4 N–H and O–H groups in total. The summed E-state index contributed by atoms with van der Waals surface area (Å²) in [5.74, 6) is 0. The summed E-state index contributed by atoms with van der Waals surface area (Å²) in [6.45, 7) is 2.89. The highest BCUT2D eigenvalue weighted by Gasteiger charge is 2.11. The van der Waals surface area contributed by atoms with Crippen molar-refractivity contribution in [3.8, 4) is 0 Å². The molecule has 0 saturated carbocycles. The van der Waals surface area contributed by atoms with E-state index in [1.807, 2.05) is 18.3 Å². The molecule has 0 fully saturated rings. The average molecular weight is 519 g/mol. The Morgan fingerprint density at radius 2 is 1.77 bits per heavy atom. The first-order chi connectivity index (χ1) is 14.5. The van der Waals surface area contributed by atoms with E-state index in [9.17, 15) is 5.11 Å². The molecule has 0 amide bonds. The molecule has 1 heterocycles. The highest BCUT2D eigenvalue weighted by molar-refractivity contribution is 9.10. The minimum absolute atomic E-state index is 0.341. The Morgan fingerprint density at radius 3 is 2.47 bits per heavy atom. The van der Waals surface area contributed by atoms with Gasteiger partial charge in [-0.2, -0.15) is 0 Å². The lowest BCUT2D eigenvalue weighted by Crippen LogP contribution is -2.22. The number of halogens is 3. The Morgan fingerprint density at radius 1 is 1.07 bits per heavy atom. The maximum absolute atomic E-state index is 10.2. The Kier molecular flexibility index (Phi) is 12.0. The maximum atomic E-state index is 10.2. The summed E-state index contributed by atoms with van der Waals surface area (Å²) in [6.07, 6.45) is 7.50. The standard InChI is InChI=1S/C22H30BrCl2N3O2/c23-17-7-8-18(28-14-17)6-5-11-30-10-4-2-1-3-9-27-15-21(29)16-12-19(24)22(26)20(25)13-16/h7-8,12-14,21,27,29H,1-6,9-11,15,26H2. The number of rotatable bonds is 14. The monoisotopic (exact) mass is 517 g/mol. The van der Waals surface area contributed by atoms with Gasteiger partial charge in [0.05, 0.1) is 21.8 Å². The summed E-state index contributed by atoms with van der Waals surface area (Å²) in [4.78, 5) is 4.36. The van der Waals surface area contributed by atoms with Crippen molar-refractivity contribution >= 4 is 44.8 Å². The van der Waals surface area contributed by atoms with Gasteiger partial charge >= 0.3 is 0 Å². The summed E-state index contributed by atoms with van der Waals surface area (Å²) in [5, 5.41) is 14.2. The van der Waals surface area contributed by atoms with Gasteiger partial charge in [0.25, 0.3) is 0 Å². The third kappa shape index (κ3) is 9.50. The van der Waals surface area contributed by atoms with Crippen LogP contribution in [-0.4, -0.2) is 36.4 Å². The summed E-state index contributed by atoms with van der Waals surface area (Å²) < 4.78 is 6.70. The van der Waals surface area contributed by atoms with Crippen LogP contribution in [0.5, 0.6) is 0 Å². The number of aryl methyl sites for hydroxylation is 1. The summed E-state index contributed by atoms with van der Waals surface area (Å²) in [5.41, 5.74) is 7.83. The highest BCUT2D eigenvalue weighted by Crippen LogP contribution is 2.31. The van der Waals surface area contributed by atoms with E-state index in [0.29, 0.717) is 27.8 Å². The smallest absolute Gasteiger partial charge is 0.0915 e. The van der Waals surface area contributed by atoms with Gasteiger partial charge < -0.3 is 20.9 Å². The molecule has 1 unspecified atom stereocenters. The van der Waals surface area contributed by atoms with Crippen LogP contribution in [-0.2, 0) is 11.2 Å². The second-order valence-corrected chi connectivity index (χ2v) is 8.95. The number of nitrogens with zero attached hydrogens (tertiary/aromatic N) is 1. The van der Waals surface area contributed by atoms with Crippen molar-refractivity contribution in [2.75, 3.05) is 32.0 Å². The highest BCUT2D eigenvalue weighted by atomic mass is 79.9. The number of benzene rings is 1. The zero-order valence-electron chi connectivity index (χ0n) is 17.0. The number of ether oxygens (including phenoxy) is 1. The molecule has 0 bridgehead atoms. The SMILES string of the molecule is Nc1c(Cl)cc(C(O)CNCCCCCCOCCCc2ccc(Br)cn2)cc1Cl. The molecule has 30 heavy (non-hydrogen) atoms. The number of nitrogens with two attached hydrogens (primary N) is 1. The van der Waals surface area contributed by atoms with E-state index in [-0.39, 0.29) is 0 Å². The van der Waals surface area contributed by atoms with Gasteiger partial charge in [0.2, 0.25) is 0 Å². The van der Waals surface area contributed by atoms with Crippen LogP contribution in [0, 0.1) is 0 Å². The van der Waals surface area contributed by atoms with E-state index < -0.39 is 6.10 Å². The second kappa shape index (κ2) is 14.2. The van der Waals surface area contributed by atoms with E-state index in [0.717, 1.165) is 68.5 Å². The first-order valence-electron chi connectivity index (χ1n) is 10.3. The van der Waals surface area contributed by atoms with Gasteiger partial charge in [0.1, 0.15) is 0 Å². The normalized spacial score (nSPS) is 12.3. The number of anilines is 1. The second-order valence-electron chi connectivity index (χ2n) is 7.22. The number of nitrogen functional groups attached to an aromatic ring is 1. The van der Waals surface area contributed by atoms with Crippen molar-refractivity contribution in [3.05, 3.63) is 56.2 Å². The quantitative estimate of drug-likeness (QED) is 0.225. The van der Waals surface area contributed by atoms with E-state index >= 15 is 0 Å². The van der Waals surface area contributed by atoms with Crippen LogP contribution in [0.2, 0.25) is 10.0 Å². The number of unbranched alkanes of at least 4 members (excludes halogenated alkanes) is 3. The van der Waals surface area contributed by atoms with Gasteiger partial charge in [-0.15, -0.1) is 0 Å². The number of aromatic nitrogens is 1. The van der Waals surface area contributed by atoms with Crippen molar-refractivity contribution in [1.82, 2.24) is 10.3 Å². The molecular formula is C22H30BrCl2N3O2. The first kappa shape index (κ1) is 25.4. The molecule has 166 valence electrons. The van der Waals surface area contributed by atoms with Gasteiger partial charge in [0.15, 0.2) is 0 Å². The van der Waals surface area contributed by atoms with E-state index in [1.165, 1.54) is 0 Å². The molecule has 0 spiro atoms. The maximum Gasteiger partial charge on any atom is 0.0915 e. The minimum atomic E-state index is -0.665. The van der Waals surface area contributed by atoms with E-state index in [4.69, 9.17) is 33.7 Å². The molecule has 2 aromatic rings. The molecule has 0 saturated heterocycles. The van der Waals surface area contributed by atoms with Crippen LogP contribution >= 0.6 is 39.1 Å². The molecule has 0 aliphatic rings. The summed E-state index contributed by atoms with van der Waals surface area (Å²) in [7, 11) is 0. The fraction of sp³-hybridized carbons (Fsp3) is 0.500. The molecule has 2 rings (SSSR count). The fourth-order valence-corrected chi connectivity index (χ4v) is 3.71. The van der Waals surface area contributed by atoms with Crippen LogP contribution in [0.25, 0.3) is 0 Å². The van der Waals surface area contributed by atoms with Crippen molar-refractivity contribution in [2.24, 2.45) is 0 Å². The molecule has 1 aromatic carbocycles. The van der Waals surface area contributed by atoms with Gasteiger partial charge in [-0.1, -0.05) is 36.0 Å². The Bertz CT molecular complexity index is 740. The van der Waals surface area contributed by atoms with Crippen molar-refractivity contribution in [1.29, 1.82) is 0 Å². The van der Waals surface area contributed by atoms with Crippen molar-refractivity contribution < 1.29 is 9.84 Å². The van der Waals surface area contributed by atoms with Crippen LogP contribution in [0.4, 0.5) is 5.69 Å². The predicted octanol–water partition coefficient (Wildman–Crippen LogP) is 5.57. The molecule has 0 aliphatic heterocycles. The van der Waals surface area contributed by atoms with E-state index in [2.05, 4.69) is 26.2 Å². The molecule has 5 nitrogen and oxygen atoms in total. The van der Waals surface area contributed by atoms with Crippen molar-refractivity contribution in [2.45, 2.75) is 44.6 Å². The van der Waals surface area contributed by atoms with Crippen LogP contribution < -0.4 is 11.1 Å². The molecular weight excluding hydrogens is 489 g/mol. The molecule has 8 heteroatoms. The summed E-state index contributed by atoms with van der Waals surface area (Å²) in [6, 6.07) is 7.37. The van der Waals surface area contributed by atoms with Gasteiger partial charge in [-0.05, 0) is 78.0 Å². The molecule has 0 radical (unpaired) electrons. The number of pyridine rings is 1. The topological polar surface area (TPSA) is 80.4 Å². The first-order valence-corrected chi connectivity index (χ1v) is 11.8. The number of hydrogen-bond donors (Lipinski definition) is 3. The molecule has 0 aliphatic carbocycles. The molecule has 1 aromatic heterocycles. The fourth-order valence-electron chi connectivity index (χ4n) is 2.97. The Labute approximate surface area is 197 Å². The van der Waals surface area contributed by atoms with Crippen molar-refractivity contribution in [3.63, 3.8) is 0 Å². The lowest BCUT2D eigenvalue weighted by atomic mass is 10.1. The molecule has 1 atom stereocenters. The third-order valence-electron chi connectivity index (χ3n) is 4.73. The Hall–Kier alpha value is -0.890. The van der Waals surface area contributed by atoms with Crippen LogP contribution in [0.1, 0.15) is 49.5 Å². The third-order valence-corrected chi connectivity index (χ3v) is 5.82. The van der Waals surface area contributed by atoms with Gasteiger partial charge in [0, 0.05) is 36.1 Å². The number of aliphatic hydroxyl groups is 1. The Balaban J connectivity index is 1.42. The number of aliphatic hydroxyl groups excluding tert-OH is 1. The average Bonchev–Trinajstić information content (AvgIpc) is 2.73. The lowest BCUT2D eigenvalue weighted by molar-refractivity contribution is 0.127. The minimum Gasteiger partial charge on any atom is -0.396 e. The largest absolute Gasteiger partial charge is 0.396 e. The number of nitrogens with one attached hydrogen (secondary N) is 1. The van der Waals surface area contributed by atoms with Crippen LogP contribution in [0.15, 0.2) is 34.9 Å².